The molecule has 1 aliphatic heterocycles. The highest BCUT2D eigenvalue weighted by Gasteiger charge is 2.12. The summed E-state index contributed by atoms with van der Waals surface area (Å²) in [5.74, 6) is 0.248. The standard InChI is InChI=1S/C22H28N2O3/c1-16-17(2)21(25)8-7-20(16)18-5-3-6-19(15-18)22(26)23-9-4-10-24-11-13-27-14-12-24/h3,5-8,15,25H,4,9-14H2,1-2H3,(H,23,26). The maximum absolute atomic E-state index is 12.5. The zero-order valence-electron chi connectivity index (χ0n) is 16.1. The van der Waals surface area contributed by atoms with Gasteiger partial charge in [-0.2, -0.15) is 0 Å². The Morgan fingerprint density at radius 2 is 1.93 bits per heavy atom. The lowest BCUT2D eigenvalue weighted by Crippen LogP contribution is -2.38. The van der Waals surface area contributed by atoms with Crippen molar-refractivity contribution in [3.63, 3.8) is 0 Å². The molecular weight excluding hydrogens is 340 g/mol. The fraction of sp³-hybridized carbons (Fsp3) is 0.409. The molecule has 0 atom stereocenters. The molecule has 2 N–H and O–H groups in total. The molecule has 0 aliphatic carbocycles. The van der Waals surface area contributed by atoms with E-state index in [0.29, 0.717) is 17.9 Å². The largest absolute Gasteiger partial charge is 0.508 e. The minimum atomic E-state index is -0.0491. The van der Waals surface area contributed by atoms with E-state index in [-0.39, 0.29) is 5.91 Å². The van der Waals surface area contributed by atoms with Crippen LogP contribution in [-0.2, 0) is 4.74 Å². The molecule has 0 spiro atoms. The minimum absolute atomic E-state index is 0.0491. The van der Waals surface area contributed by atoms with Gasteiger partial charge in [-0.05, 0) is 67.3 Å². The zero-order valence-corrected chi connectivity index (χ0v) is 16.1. The van der Waals surface area contributed by atoms with E-state index in [1.807, 2.05) is 44.2 Å². The molecule has 0 radical (unpaired) electrons. The molecule has 27 heavy (non-hydrogen) atoms. The number of ether oxygens (including phenoxy) is 1. The number of hydrogen-bond acceptors (Lipinski definition) is 4. The third-order valence-electron chi connectivity index (χ3n) is 5.23. The van der Waals surface area contributed by atoms with E-state index in [9.17, 15) is 9.90 Å². The van der Waals surface area contributed by atoms with E-state index in [2.05, 4.69) is 10.2 Å². The van der Waals surface area contributed by atoms with Gasteiger partial charge in [0.05, 0.1) is 13.2 Å². The Hall–Kier alpha value is -2.37. The third-order valence-corrected chi connectivity index (χ3v) is 5.23. The van der Waals surface area contributed by atoms with Crippen LogP contribution in [0.5, 0.6) is 5.75 Å². The molecule has 5 nitrogen and oxygen atoms in total. The Kier molecular flexibility index (Phi) is 6.48. The van der Waals surface area contributed by atoms with Crippen molar-refractivity contribution in [3.05, 3.63) is 53.1 Å². The van der Waals surface area contributed by atoms with Crippen LogP contribution in [0.2, 0.25) is 0 Å². The summed E-state index contributed by atoms with van der Waals surface area (Å²) in [5.41, 5.74) is 4.57. The fourth-order valence-electron chi connectivity index (χ4n) is 3.38. The van der Waals surface area contributed by atoms with E-state index in [0.717, 1.165) is 61.5 Å². The lowest BCUT2D eigenvalue weighted by molar-refractivity contribution is 0.0374. The van der Waals surface area contributed by atoms with Gasteiger partial charge in [-0.1, -0.05) is 18.2 Å². The Labute approximate surface area is 161 Å². The van der Waals surface area contributed by atoms with Crippen LogP contribution in [0, 0.1) is 13.8 Å². The maximum Gasteiger partial charge on any atom is 0.251 e. The first-order valence-electron chi connectivity index (χ1n) is 9.54. The Balaban J connectivity index is 1.59. The van der Waals surface area contributed by atoms with Gasteiger partial charge in [0.15, 0.2) is 0 Å². The van der Waals surface area contributed by atoms with Crippen molar-refractivity contribution in [2.24, 2.45) is 0 Å². The molecule has 3 rings (SSSR count). The Bertz CT molecular complexity index is 798. The van der Waals surface area contributed by atoms with Gasteiger partial charge >= 0.3 is 0 Å². The summed E-state index contributed by atoms with van der Waals surface area (Å²) in [6.45, 7) is 9.09. The summed E-state index contributed by atoms with van der Waals surface area (Å²) in [6.07, 6.45) is 0.932. The number of nitrogens with one attached hydrogen (secondary N) is 1. The molecular formula is C22H28N2O3. The quantitative estimate of drug-likeness (QED) is 0.769. The molecule has 1 aliphatic rings. The van der Waals surface area contributed by atoms with Crippen molar-refractivity contribution in [1.29, 1.82) is 0 Å². The number of hydrogen-bond donors (Lipinski definition) is 2. The van der Waals surface area contributed by atoms with Crippen molar-refractivity contribution in [3.8, 4) is 16.9 Å². The second-order valence-electron chi connectivity index (χ2n) is 7.03. The molecule has 2 aromatic carbocycles. The highest BCUT2D eigenvalue weighted by Crippen LogP contribution is 2.30. The SMILES string of the molecule is Cc1c(O)ccc(-c2cccc(C(=O)NCCCN3CCOCC3)c2)c1C. The van der Waals surface area contributed by atoms with Gasteiger partial charge in [0.1, 0.15) is 5.75 Å². The predicted octanol–water partition coefficient (Wildman–Crippen LogP) is 3.13. The van der Waals surface area contributed by atoms with E-state index in [1.165, 1.54) is 0 Å². The number of rotatable bonds is 6. The summed E-state index contributed by atoms with van der Waals surface area (Å²) in [4.78, 5) is 14.9. The normalized spacial score (nSPS) is 14.9. The smallest absolute Gasteiger partial charge is 0.251 e. The van der Waals surface area contributed by atoms with E-state index in [1.54, 1.807) is 6.07 Å². The number of phenolic OH excluding ortho intramolecular Hbond substituents is 1. The molecule has 1 heterocycles. The topological polar surface area (TPSA) is 61.8 Å². The molecule has 144 valence electrons. The second-order valence-corrected chi connectivity index (χ2v) is 7.03. The Morgan fingerprint density at radius 1 is 1.15 bits per heavy atom. The van der Waals surface area contributed by atoms with Gasteiger partial charge in [0.25, 0.3) is 5.91 Å². The van der Waals surface area contributed by atoms with Crippen LogP contribution >= 0.6 is 0 Å². The highest BCUT2D eigenvalue weighted by atomic mass is 16.5. The van der Waals surface area contributed by atoms with Crippen LogP contribution in [0.1, 0.15) is 27.9 Å². The van der Waals surface area contributed by atoms with Gasteiger partial charge in [0.2, 0.25) is 0 Å². The van der Waals surface area contributed by atoms with Gasteiger partial charge < -0.3 is 15.2 Å². The van der Waals surface area contributed by atoms with Crippen molar-refractivity contribution in [1.82, 2.24) is 10.2 Å². The molecule has 0 aromatic heterocycles. The summed E-state index contributed by atoms with van der Waals surface area (Å²) >= 11 is 0. The molecule has 5 heteroatoms. The number of carbonyl (C=O) groups is 1. The predicted molar refractivity (Wildman–Crippen MR) is 107 cm³/mol. The number of carbonyl (C=O) groups excluding carboxylic acids is 1. The van der Waals surface area contributed by atoms with E-state index in [4.69, 9.17) is 4.74 Å². The highest BCUT2D eigenvalue weighted by molar-refractivity contribution is 5.95. The number of nitrogens with zero attached hydrogens (tertiary/aromatic N) is 1. The molecule has 2 aromatic rings. The number of aromatic hydroxyl groups is 1. The van der Waals surface area contributed by atoms with Crippen LogP contribution in [0.3, 0.4) is 0 Å². The van der Waals surface area contributed by atoms with Crippen molar-refractivity contribution in [2.45, 2.75) is 20.3 Å². The first kappa shape index (κ1) is 19.4. The van der Waals surface area contributed by atoms with Crippen LogP contribution in [0.4, 0.5) is 0 Å². The lowest BCUT2D eigenvalue weighted by atomic mass is 9.95. The maximum atomic E-state index is 12.5. The van der Waals surface area contributed by atoms with Gasteiger partial charge in [-0.3, -0.25) is 9.69 Å². The Morgan fingerprint density at radius 3 is 2.70 bits per heavy atom. The van der Waals surface area contributed by atoms with Crippen molar-refractivity contribution in [2.75, 3.05) is 39.4 Å². The second kappa shape index (κ2) is 9.02. The number of benzene rings is 2. The van der Waals surface area contributed by atoms with E-state index < -0.39 is 0 Å². The van der Waals surface area contributed by atoms with Gasteiger partial charge in [0, 0.05) is 25.2 Å². The summed E-state index contributed by atoms with van der Waals surface area (Å²) < 4.78 is 5.35. The minimum Gasteiger partial charge on any atom is -0.508 e. The first-order chi connectivity index (χ1) is 13.1. The van der Waals surface area contributed by atoms with Crippen molar-refractivity contribution < 1.29 is 14.6 Å². The lowest BCUT2D eigenvalue weighted by Gasteiger charge is -2.26. The summed E-state index contributed by atoms with van der Waals surface area (Å²) in [7, 11) is 0. The number of morpholine rings is 1. The van der Waals surface area contributed by atoms with E-state index >= 15 is 0 Å². The van der Waals surface area contributed by atoms with Crippen LogP contribution < -0.4 is 5.32 Å². The van der Waals surface area contributed by atoms with Gasteiger partial charge in [-0.15, -0.1) is 0 Å². The van der Waals surface area contributed by atoms with Gasteiger partial charge in [-0.25, -0.2) is 0 Å². The number of amides is 1. The molecule has 1 fully saturated rings. The fourth-order valence-corrected chi connectivity index (χ4v) is 3.38. The molecule has 1 amide bonds. The average Bonchev–Trinajstić information content (AvgIpc) is 2.70. The number of phenols is 1. The zero-order chi connectivity index (χ0) is 19.2. The molecule has 0 bridgehead atoms. The van der Waals surface area contributed by atoms with Crippen LogP contribution in [0.25, 0.3) is 11.1 Å². The molecule has 0 unspecified atom stereocenters. The van der Waals surface area contributed by atoms with Crippen LogP contribution in [-0.4, -0.2) is 55.3 Å². The third kappa shape index (κ3) is 4.87. The average molecular weight is 368 g/mol. The summed E-state index contributed by atoms with van der Waals surface area (Å²) in [5, 5.41) is 12.9. The summed E-state index contributed by atoms with van der Waals surface area (Å²) in [6, 6.07) is 11.3. The first-order valence-corrected chi connectivity index (χ1v) is 9.54. The van der Waals surface area contributed by atoms with Crippen molar-refractivity contribution >= 4 is 5.91 Å². The monoisotopic (exact) mass is 368 g/mol. The van der Waals surface area contributed by atoms with Crippen LogP contribution in [0.15, 0.2) is 36.4 Å². The molecule has 0 saturated carbocycles. The molecule has 1 saturated heterocycles.